The van der Waals surface area contributed by atoms with Crippen molar-refractivity contribution in [3.63, 3.8) is 0 Å². The van der Waals surface area contributed by atoms with Gasteiger partial charge in [-0.25, -0.2) is 24.5 Å². The number of aromatic nitrogens is 2. The quantitative estimate of drug-likeness (QED) is 0.932. The number of pyridine rings is 1. The van der Waals surface area contributed by atoms with Gasteiger partial charge in [0.05, 0.1) is 0 Å². The van der Waals surface area contributed by atoms with Crippen LogP contribution in [0.4, 0.5) is 15.7 Å². The van der Waals surface area contributed by atoms with Crippen molar-refractivity contribution in [1.82, 2.24) is 9.97 Å². The maximum Gasteiger partial charge on any atom is 0.422 e. The third-order valence-electron chi connectivity index (χ3n) is 2.36. The average molecular weight is 321 g/mol. The largest absolute Gasteiger partial charge is 0.476 e. The van der Waals surface area contributed by atoms with Gasteiger partial charge >= 0.3 is 12.1 Å². The predicted octanol–water partition coefficient (Wildman–Crippen LogP) is 3.31. The summed E-state index contributed by atoms with van der Waals surface area (Å²) in [6, 6.07) is 5.04. The molecule has 0 unspecified atom stereocenters. The van der Waals surface area contributed by atoms with Crippen LogP contribution in [-0.4, -0.2) is 32.7 Å². The van der Waals surface area contributed by atoms with Crippen molar-refractivity contribution in [3.05, 3.63) is 35.5 Å². The van der Waals surface area contributed by atoms with E-state index < -0.39 is 17.7 Å². The fourth-order valence-corrected chi connectivity index (χ4v) is 2.32. The molecule has 2 aromatic rings. The van der Waals surface area contributed by atoms with Crippen LogP contribution in [0.1, 0.15) is 31.3 Å². The summed E-state index contributed by atoms with van der Waals surface area (Å²) in [7, 11) is 0. The standard InChI is InChI=1S/C14H15N3O4S/c1-14(2,3)21-13(20)17(10-6-4-5-7-15-10)12-16-9(8-22-12)11(18)19/h4-8H,1-3H3,(H,18,19). The van der Waals surface area contributed by atoms with Gasteiger partial charge in [0, 0.05) is 11.6 Å². The summed E-state index contributed by atoms with van der Waals surface area (Å²) < 4.78 is 5.34. The lowest BCUT2D eigenvalue weighted by Gasteiger charge is -2.25. The van der Waals surface area contributed by atoms with Gasteiger partial charge in [0.15, 0.2) is 5.69 Å². The zero-order valence-corrected chi connectivity index (χ0v) is 13.1. The van der Waals surface area contributed by atoms with E-state index in [-0.39, 0.29) is 10.8 Å². The van der Waals surface area contributed by atoms with Crippen molar-refractivity contribution in [2.24, 2.45) is 0 Å². The molecule has 2 heterocycles. The Morgan fingerprint density at radius 1 is 1.32 bits per heavy atom. The molecule has 0 aliphatic heterocycles. The molecule has 0 bridgehead atoms. The molecule has 7 nitrogen and oxygen atoms in total. The molecule has 0 saturated carbocycles. The van der Waals surface area contributed by atoms with Gasteiger partial charge in [0.25, 0.3) is 0 Å². The lowest BCUT2D eigenvalue weighted by molar-refractivity contribution is 0.0595. The van der Waals surface area contributed by atoms with Crippen LogP contribution in [0.3, 0.4) is 0 Å². The van der Waals surface area contributed by atoms with E-state index in [0.29, 0.717) is 5.82 Å². The number of carbonyl (C=O) groups is 2. The molecule has 1 amide bonds. The molecule has 8 heteroatoms. The van der Waals surface area contributed by atoms with Crippen LogP contribution in [0.15, 0.2) is 29.8 Å². The molecule has 0 spiro atoms. The monoisotopic (exact) mass is 321 g/mol. The fourth-order valence-electron chi connectivity index (χ4n) is 1.53. The van der Waals surface area contributed by atoms with Crippen molar-refractivity contribution in [3.8, 4) is 0 Å². The van der Waals surface area contributed by atoms with Gasteiger partial charge in [-0.15, -0.1) is 11.3 Å². The first kappa shape index (κ1) is 15.9. The zero-order chi connectivity index (χ0) is 16.3. The summed E-state index contributed by atoms with van der Waals surface area (Å²) in [5, 5.41) is 10.5. The number of carboxylic acids is 1. The highest BCUT2D eigenvalue weighted by atomic mass is 32.1. The summed E-state index contributed by atoms with van der Waals surface area (Å²) in [5.41, 5.74) is -0.832. The molecule has 116 valence electrons. The van der Waals surface area contributed by atoms with Crippen molar-refractivity contribution >= 4 is 34.3 Å². The minimum atomic E-state index is -1.16. The van der Waals surface area contributed by atoms with Crippen molar-refractivity contribution in [1.29, 1.82) is 0 Å². The number of nitrogens with zero attached hydrogens (tertiary/aromatic N) is 3. The highest BCUT2D eigenvalue weighted by Gasteiger charge is 2.28. The van der Waals surface area contributed by atoms with Crippen LogP contribution in [0.2, 0.25) is 0 Å². The van der Waals surface area contributed by atoms with Crippen LogP contribution in [0.25, 0.3) is 0 Å². The average Bonchev–Trinajstić information content (AvgIpc) is 2.87. The van der Waals surface area contributed by atoms with Crippen LogP contribution in [-0.2, 0) is 4.74 Å². The lowest BCUT2D eigenvalue weighted by Crippen LogP contribution is -2.34. The molecular weight excluding hydrogens is 306 g/mol. The van der Waals surface area contributed by atoms with Gasteiger partial charge in [-0.05, 0) is 32.9 Å². The van der Waals surface area contributed by atoms with Gasteiger partial charge in [0.1, 0.15) is 11.4 Å². The number of rotatable bonds is 3. The first-order chi connectivity index (χ1) is 10.3. The first-order valence-corrected chi connectivity index (χ1v) is 7.29. The smallest absolute Gasteiger partial charge is 0.422 e. The van der Waals surface area contributed by atoms with Crippen LogP contribution >= 0.6 is 11.3 Å². The molecule has 0 saturated heterocycles. The van der Waals surface area contributed by atoms with E-state index in [2.05, 4.69) is 9.97 Å². The third-order valence-corrected chi connectivity index (χ3v) is 3.18. The maximum absolute atomic E-state index is 12.4. The molecule has 22 heavy (non-hydrogen) atoms. The number of hydrogen-bond donors (Lipinski definition) is 1. The molecule has 0 atom stereocenters. The topological polar surface area (TPSA) is 92.6 Å². The second-order valence-electron chi connectivity index (χ2n) is 5.32. The molecule has 1 N–H and O–H groups in total. The van der Waals surface area contributed by atoms with Crippen molar-refractivity contribution in [2.75, 3.05) is 4.90 Å². The number of amides is 1. The van der Waals surface area contributed by atoms with Crippen LogP contribution in [0, 0.1) is 0 Å². The van der Waals surface area contributed by atoms with E-state index in [4.69, 9.17) is 9.84 Å². The summed E-state index contributed by atoms with van der Waals surface area (Å²) in [6.45, 7) is 5.23. The molecule has 2 aromatic heterocycles. The highest BCUT2D eigenvalue weighted by molar-refractivity contribution is 7.14. The van der Waals surface area contributed by atoms with E-state index in [9.17, 15) is 9.59 Å². The number of aromatic carboxylic acids is 1. The molecule has 0 aliphatic carbocycles. The Morgan fingerprint density at radius 2 is 2.05 bits per heavy atom. The van der Waals surface area contributed by atoms with E-state index in [1.807, 2.05) is 0 Å². The second kappa shape index (κ2) is 6.10. The normalized spacial score (nSPS) is 11.0. The lowest BCUT2D eigenvalue weighted by atomic mass is 10.2. The second-order valence-corrected chi connectivity index (χ2v) is 6.16. The number of ether oxygens (including phenoxy) is 1. The Morgan fingerprint density at radius 3 is 2.55 bits per heavy atom. The zero-order valence-electron chi connectivity index (χ0n) is 12.3. The Hall–Kier alpha value is -2.48. The van der Waals surface area contributed by atoms with Gasteiger partial charge in [0.2, 0.25) is 5.13 Å². The Balaban J connectivity index is 2.41. The van der Waals surface area contributed by atoms with Gasteiger partial charge in [-0.2, -0.15) is 0 Å². The molecule has 0 aromatic carbocycles. The number of anilines is 2. The van der Waals surface area contributed by atoms with E-state index >= 15 is 0 Å². The first-order valence-electron chi connectivity index (χ1n) is 6.41. The van der Waals surface area contributed by atoms with Crippen LogP contribution < -0.4 is 4.90 Å². The molecular formula is C14H15N3O4S. The molecule has 0 radical (unpaired) electrons. The minimum Gasteiger partial charge on any atom is -0.476 e. The number of thiazole rings is 1. The minimum absolute atomic E-state index is 0.135. The number of carbonyl (C=O) groups excluding carboxylic acids is 1. The third kappa shape index (κ3) is 3.79. The molecule has 0 fully saturated rings. The number of carboxylic acid groups (broad SMARTS) is 1. The van der Waals surface area contributed by atoms with E-state index in [1.54, 1.807) is 39.0 Å². The Kier molecular flexibility index (Phi) is 4.41. The summed E-state index contributed by atoms with van der Waals surface area (Å²) >= 11 is 1.03. The van der Waals surface area contributed by atoms with Crippen molar-refractivity contribution in [2.45, 2.75) is 26.4 Å². The summed E-state index contributed by atoms with van der Waals surface area (Å²) in [5.74, 6) is -0.851. The highest BCUT2D eigenvalue weighted by Crippen LogP contribution is 2.29. The SMILES string of the molecule is CC(C)(C)OC(=O)N(c1ccccn1)c1nc(C(=O)O)cs1. The van der Waals surface area contributed by atoms with Gasteiger partial charge in [-0.1, -0.05) is 6.07 Å². The number of hydrogen-bond acceptors (Lipinski definition) is 6. The molecule has 2 rings (SSSR count). The maximum atomic E-state index is 12.4. The van der Waals surface area contributed by atoms with E-state index in [0.717, 1.165) is 16.2 Å². The predicted molar refractivity (Wildman–Crippen MR) is 81.7 cm³/mol. The van der Waals surface area contributed by atoms with E-state index in [1.165, 1.54) is 11.6 Å². The summed E-state index contributed by atoms with van der Waals surface area (Å²) in [6.07, 6.45) is 0.857. The van der Waals surface area contributed by atoms with Gasteiger partial charge in [-0.3, -0.25) is 0 Å². The summed E-state index contributed by atoms with van der Waals surface area (Å²) in [4.78, 5) is 32.6. The molecule has 0 aliphatic rings. The van der Waals surface area contributed by atoms with Gasteiger partial charge < -0.3 is 9.84 Å². The van der Waals surface area contributed by atoms with Crippen molar-refractivity contribution < 1.29 is 19.4 Å². The van der Waals surface area contributed by atoms with Crippen LogP contribution in [0.5, 0.6) is 0 Å². The Bertz CT molecular complexity index is 679. The fraction of sp³-hybridized carbons (Fsp3) is 0.286. The Labute approximate surface area is 131 Å².